The number of nitrogens with one attached hydrogen (secondary N) is 1. The molecule has 1 aromatic rings. The molecule has 0 unspecified atom stereocenters. The molecule has 2 rings (SSSR count). The van der Waals surface area contributed by atoms with Gasteiger partial charge in [0.2, 0.25) is 0 Å². The van der Waals surface area contributed by atoms with Crippen molar-refractivity contribution in [3.05, 3.63) is 34.9 Å². The molecule has 0 atom stereocenters. The van der Waals surface area contributed by atoms with E-state index in [9.17, 15) is 0 Å². The van der Waals surface area contributed by atoms with Crippen LogP contribution >= 0.6 is 23.8 Å². The lowest BCUT2D eigenvalue weighted by Gasteiger charge is -2.26. The first kappa shape index (κ1) is 13.7. The van der Waals surface area contributed by atoms with E-state index >= 15 is 0 Å². The van der Waals surface area contributed by atoms with Gasteiger partial charge >= 0.3 is 0 Å². The standard InChI is InChI=1S/C13H17ClN2OS/c14-12-3-1-11(2-4-12)13(18)15-5-6-16-7-9-17-10-8-16/h1-4H,5-10H2,(H,15,18). The topological polar surface area (TPSA) is 24.5 Å². The second-order valence-corrected chi connectivity index (χ2v) is 5.06. The number of thiocarbonyl (C=S) groups is 1. The minimum absolute atomic E-state index is 0.731. The number of benzene rings is 1. The van der Waals surface area contributed by atoms with Crippen LogP contribution in [0.1, 0.15) is 5.56 Å². The van der Waals surface area contributed by atoms with Gasteiger partial charge in [0.1, 0.15) is 4.99 Å². The Morgan fingerprint density at radius 1 is 1.28 bits per heavy atom. The van der Waals surface area contributed by atoms with Crippen molar-refractivity contribution < 1.29 is 4.74 Å². The molecule has 0 radical (unpaired) electrons. The van der Waals surface area contributed by atoms with Crippen LogP contribution in [0.5, 0.6) is 0 Å². The summed E-state index contributed by atoms with van der Waals surface area (Å²) in [6.07, 6.45) is 0. The highest BCUT2D eigenvalue weighted by atomic mass is 35.5. The molecule has 1 heterocycles. The number of ether oxygens (including phenoxy) is 1. The summed E-state index contributed by atoms with van der Waals surface area (Å²) in [6, 6.07) is 7.58. The normalized spacial score (nSPS) is 16.5. The lowest BCUT2D eigenvalue weighted by molar-refractivity contribution is 0.0389. The first-order valence-electron chi connectivity index (χ1n) is 6.09. The molecule has 5 heteroatoms. The van der Waals surface area contributed by atoms with E-state index in [1.165, 1.54) is 0 Å². The van der Waals surface area contributed by atoms with Crippen LogP contribution in [0.4, 0.5) is 0 Å². The monoisotopic (exact) mass is 284 g/mol. The Labute approximate surface area is 118 Å². The van der Waals surface area contributed by atoms with Crippen molar-refractivity contribution >= 4 is 28.8 Å². The fourth-order valence-electron chi connectivity index (χ4n) is 1.86. The lowest BCUT2D eigenvalue weighted by Crippen LogP contribution is -2.41. The summed E-state index contributed by atoms with van der Waals surface area (Å²) < 4.78 is 5.31. The van der Waals surface area contributed by atoms with E-state index in [2.05, 4.69) is 10.2 Å². The van der Waals surface area contributed by atoms with Gasteiger partial charge in [0.05, 0.1) is 13.2 Å². The molecular formula is C13H17ClN2OS. The summed E-state index contributed by atoms with van der Waals surface area (Å²) >= 11 is 11.2. The number of rotatable bonds is 4. The van der Waals surface area contributed by atoms with E-state index in [0.717, 1.165) is 55.0 Å². The van der Waals surface area contributed by atoms with E-state index in [1.54, 1.807) is 0 Å². The zero-order chi connectivity index (χ0) is 12.8. The van der Waals surface area contributed by atoms with Gasteiger partial charge in [0.25, 0.3) is 0 Å². The fraction of sp³-hybridized carbons (Fsp3) is 0.462. The lowest BCUT2D eigenvalue weighted by atomic mass is 10.2. The first-order chi connectivity index (χ1) is 8.75. The van der Waals surface area contributed by atoms with Gasteiger partial charge in [-0.2, -0.15) is 0 Å². The molecule has 0 saturated carbocycles. The highest BCUT2D eigenvalue weighted by molar-refractivity contribution is 7.80. The smallest absolute Gasteiger partial charge is 0.106 e. The van der Waals surface area contributed by atoms with Gasteiger partial charge in [0, 0.05) is 36.8 Å². The van der Waals surface area contributed by atoms with Crippen LogP contribution in [0.15, 0.2) is 24.3 Å². The third-order valence-electron chi connectivity index (χ3n) is 2.92. The fourth-order valence-corrected chi connectivity index (χ4v) is 2.22. The molecule has 1 aliphatic rings. The molecule has 18 heavy (non-hydrogen) atoms. The van der Waals surface area contributed by atoms with Crippen LogP contribution in [0.25, 0.3) is 0 Å². The maximum absolute atomic E-state index is 5.84. The van der Waals surface area contributed by atoms with E-state index in [0.29, 0.717) is 0 Å². The van der Waals surface area contributed by atoms with Crippen molar-refractivity contribution in [2.75, 3.05) is 39.4 Å². The minimum Gasteiger partial charge on any atom is -0.379 e. The van der Waals surface area contributed by atoms with Crippen molar-refractivity contribution in [2.24, 2.45) is 0 Å². The Kier molecular flexibility index (Phi) is 5.38. The maximum atomic E-state index is 5.84. The molecule has 98 valence electrons. The van der Waals surface area contributed by atoms with Gasteiger partial charge < -0.3 is 10.1 Å². The Morgan fingerprint density at radius 2 is 1.94 bits per heavy atom. The molecule has 1 aromatic carbocycles. The van der Waals surface area contributed by atoms with Gasteiger partial charge in [-0.15, -0.1) is 0 Å². The number of halogens is 1. The molecule has 1 fully saturated rings. The van der Waals surface area contributed by atoms with Crippen molar-refractivity contribution in [2.45, 2.75) is 0 Å². The summed E-state index contributed by atoms with van der Waals surface area (Å²) in [4.78, 5) is 3.15. The Hall–Kier alpha value is -0.680. The van der Waals surface area contributed by atoms with Crippen LogP contribution in [0, 0.1) is 0 Å². The highest BCUT2D eigenvalue weighted by Gasteiger charge is 2.09. The summed E-state index contributed by atoms with van der Waals surface area (Å²) in [5, 5.41) is 4.00. The number of hydrogen-bond donors (Lipinski definition) is 1. The molecular weight excluding hydrogens is 268 g/mol. The SMILES string of the molecule is S=C(NCCN1CCOCC1)c1ccc(Cl)cc1. The van der Waals surface area contributed by atoms with Crippen LogP contribution in [-0.2, 0) is 4.74 Å². The third-order valence-corrected chi connectivity index (χ3v) is 3.56. The largest absolute Gasteiger partial charge is 0.379 e. The summed E-state index contributed by atoms with van der Waals surface area (Å²) in [7, 11) is 0. The van der Waals surface area contributed by atoms with Crippen LogP contribution in [0.3, 0.4) is 0 Å². The predicted molar refractivity (Wildman–Crippen MR) is 78.4 cm³/mol. The van der Waals surface area contributed by atoms with E-state index < -0.39 is 0 Å². The molecule has 0 aromatic heterocycles. The van der Waals surface area contributed by atoms with E-state index in [4.69, 9.17) is 28.6 Å². The predicted octanol–water partition coefficient (Wildman–Crippen LogP) is 1.94. The molecule has 0 amide bonds. The number of morpholine rings is 1. The second kappa shape index (κ2) is 7.04. The van der Waals surface area contributed by atoms with Gasteiger partial charge in [-0.1, -0.05) is 36.0 Å². The minimum atomic E-state index is 0.731. The molecule has 1 N–H and O–H groups in total. The van der Waals surface area contributed by atoms with Crippen molar-refractivity contribution in [3.8, 4) is 0 Å². The van der Waals surface area contributed by atoms with Gasteiger partial charge in [0.15, 0.2) is 0 Å². The van der Waals surface area contributed by atoms with Gasteiger partial charge in [-0.05, 0) is 12.1 Å². The first-order valence-corrected chi connectivity index (χ1v) is 6.88. The average molecular weight is 285 g/mol. The van der Waals surface area contributed by atoms with Crippen molar-refractivity contribution in [1.82, 2.24) is 10.2 Å². The molecule has 0 bridgehead atoms. The number of hydrogen-bond acceptors (Lipinski definition) is 3. The molecule has 0 spiro atoms. The van der Waals surface area contributed by atoms with E-state index in [-0.39, 0.29) is 0 Å². The zero-order valence-corrected chi connectivity index (χ0v) is 11.8. The van der Waals surface area contributed by atoms with Gasteiger partial charge in [-0.3, -0.25) is 4.90 Å². The van der Waals surface area contributed by atoms with Crippen molar-refractivity contribution in [3.63, 3.8) is 0 Å². The second-order valence-electron chi connectivity index (χ2n) is 4.22. The van der Waals surface area contributed by atoms with Crippen LogP contribution in [-0.4, -0.2) is 49.3 Å². The molecule has 0 aliphatic carbocycles. The Morgan fingerprint density at radius 3 is 2.61 bits per heavy atom. The molecule has 1 saturated heterocycles. The number of nitrogens with zero attached hydrogens (tertiary/aromatic N) is 1. The van der Waals surface area contributed by atoms with Crippen LogP contribution in [0.2, 0.25) is 5.02 Å². The quantitative estimate of drug-likeness (QED) is 0.854. The van der Waals surface area contributed by atoms with Gasteiger partial charge in [-0.25, -0.2) is 0 Å². The zero-order valence-electron chi connectivity index (χ0n) is 10.2. The van der Waals surface area contributed by atoms with Crippen molar-refractivity contribution in [1.29, 1.82) is 0 Å². The molecule has 3 nitrogen and oxygen atoms in total. The molecule has 1 aliphatic heterocycles. The Balaban J connectivity index is 1.72. The average Bonchev–Trinajstić information content (AvgIpc) is 2.40. The van der Waals surface area contributed by atoms with E-state index in [1.807, 2.05) is 24.3 Å². The third kappa shape index (κ3) is 4.21. The Bertz CT molecular complexity index is 390. The summed E-state index contributed by atoms with van der Waals surface area (Å²) in [5.74, 6) is 0. The van der Waals surface area contributed by atoms with Crippen LogP contribution < -0.4 is 5.32 Å². The highest BCUT2D eigenvalue weighted by Crippen LogP contribution is 2.09. The summed E-state index contributed by atoms with van der Waals surface area (Å²) in [5.41, 5.74) is 1.01. The summed E-state index contributed by atoms with van der Waals surface area (Å²) in [6.45, 7) is 5.55. The maximum Gasteiger partial charge on any atom is 0.106 e.